The SMILES string of the molecule is Nc1ccn([C@@H]2O[C@H](COP(=O)(O)O[C@H]3[C@@H](O)[C@H](n4ccc(=O)[nH]c4=O)O[C@@H]3CO)[C@@H](OP(=O)(O)OC[C@H]3O[C@@H](n4ccc(=O)[nH]c4=O)[C@H](O)[C@@H]3OP(=O)(O)OC[C@H]3O[C@@H](n4ccc(N)nc4=O)[C@H](O)[C@@H]3OP(=O)(O)OC[C@H]3O[C@@H](n4ccc(=O)[nH]c4=O)[C@H](O)[C@@H]3O)[C@H]2O)c(=O)n1. The molecule has 24 atom stereocenters. The lowest BCUT2D eigenvalue weighted by atomic mass is 10.1. The van der Waals surface area contributed by atoms with E-state index in [2.05, 4.69) is 9.97 Å². The molecule has 18 N–H and O–H groups in total. The van der Waals surface area contributed by atoms with Gasteiger partial charge in [-0.15, -0.1) is 0 Å². The monoisotopic (exact) mass is 1470 g/mol. The second-order valence-electron chi connectivity index (χ2n) is 21.4. The molecule has 5 aliphatic heterocycles. The highest BCUT2D eigenvalue weighted by molar-refractivity contribution is 7.48. The lowest BCUT2D eigenvalue weighted by Gasteiger charge is -2.27. The van der Waals surface area contributed by atoms with E-state index in [1.54, 1.807) is 0 Å². The van der Waals surface area contributed by atoms with Gasteiger partial charge in [-0.05, 0) is 12.1 Å². The number of aliphatic hydroxyl groups is 7. The first-order chi connectivity index (χ1) is 45.5. The van der Waals surface area contributed by atoms with Gasteiger partial charge < -0.3 is 90.5 Å². The number of hydrogen-bond donors (Lipinski definition) is 16. The minimum absolute atomic E-state index is 0.338. The van der Waals surface area contributed by atoms with Gasteiger partial charge in [0.1, 0.15) is 103 Å². The highest BCUT2D eigenvalue weighted by Crippen LogP contribution is 2.55. The Morgan fingerprint density at radius 1 is 0.392 bits per heavy atom. The topological polar surface area (TPSA) is 697 Å². The van der Waals surface area contributed by atoms with Gasteiger partial charge in [0.05, 0.1) is 33.0 Å². The van der Waals surface area contributed by atoms with Crippen molar-refractivity contribution in [3.8, 4) is 0 Å². The van der Waals surface area contributed by atoms with Crippen molar-refractivity contribution < 1.29 is 133 Å². The first-order valence-electron chi connectivity index (χ1n) is 27.8. The van der Waals surface area contributed by atoms with Crippen molar-refractivity contribution >= 4 is 42.9 Å². The van der Waals surface area contributed by atoms with Gasteiger partial charge in [0.15, 0.2) is 31.1 Å². The Hall–Kier alpha value is -6.64. The Morgan fingerprint density at radius 3 is 0.948 bits per heavy atom. The third-order valence-corrected chi connectivity index (χ3v) is 19.0. The molecule has 5 aromatic heterocycles. The summed E-state index contributed by atoms with van der Waals surface area (Å²) in [4.78, 5) is 156. The van der Waals surface area contributed by atoms with Crippen LogP contribution in [0, 0.1) is 0 Å². The lowest BCUT2D eigenvalue weighted by molar-refractivity contribution is -0.0665. The summed E-state index contributed by atoms with van der Waals surface area (Å²) in [6, 6.07) is 4.56. The number of aromatic nitrogens is 10. The highest BCUT2D eigenvalue weighted by Gasteiger charge is 2.56. The van der Waals surface area contributed by atoms with Gasteiger partial charge in [0.25, 0.3) is 16.7 Å². The van der Waals surface area contributed by atoms with Crippen molar-refractivity contribution in [2.75, 3.05) is 44.5 Å². The highest BCUT2D eigenvalue weighted by atomic mass is 31.2. The van der Waals surface area contributed by atoms with Crippen LogP contribution in [0.25, 0.3) is 0 Å². The van der Waals surface area contributed by atoms with E-state index >= 15 is 0 Å². The standard InChI is InChI=1S/C45H58N12O36P4/c46-21-1-6-53(41(68)48-21)38-29(65)33(91-94(73,74)81-12-17-26(62)27(63)36(86-17)55-8-3-23(59)50-43(55)70)19(88-38)14-83-97(79,80)93-35-20(89-40(31(35)67)57-10-5-25(61)52-45(57)72)15-84-96(77,78)92-34-18(87-39(30(34)66)54-7-2-22(47)49-42(54)69)13-82-95(75,76)90-32-16(11-58)85-37(28(32)64)56-9-4-24(60)51-44(56)71/h1-10,16-20,26-40,58,62-67H,11-15H2,(H,73,74)(H,75,76)(H,77,78)(H,79,80)(H2,46,48,68)(H2,47,49,69)(H,50,59,70)(H,51,60,71)(H,52,61,72)/t16-,17-,18-,19-,20-,26-,27-,28-,29-,30-,31-,32-,33-,34-,35-,36-,37-,38-,39-,40-/m1/s1. The first kappa shape index (κ1) is 73.1. The number of nitrogens with two attached hydrogens (primary N) is 2. The quantitative estimate of drug-likeness (QED) is 0.0229. The second kappa shape index (κ2) is 28.9. The van der Waals surface area contributed by atoms with E-state index in [9.17, 15) is 112 Å². The number of rotatable bonds is 26. The van der Waals surface area contributed by atoms with Crippen molar-refractivity contribution in [1.29, 1.82) is 0 Å². The van der Waals surface area contributed by atoms with Gasteiger partial charge in [-0.25, -0.2) is 42.2 Å². The molecule has 0 saturated carbocycles. The van der Waals surface area contributed by atoms with Crippen LogP contribution in [-0.2, 0) is 78.1 Å². The molecule has 534 valence electrons. The second-order valence-corrected chi connectivity index (χ2v) is 27.1. The Bertz CT molecular complexity index is 4410. The molecule has 5 fully saturated rings. The van der Waals surface area contributed by atoms with Gasteiger partial charge in [-0.1, -0.05) is 0 Å². The van der Waals surface area contributed by atoms with Crippen molar-refractivity contribution in [2.45, 2.75) is 123 Å². The summed E-state index contributed by atoms with van der Waals surface area (Å²) in [5, 5.41) is 77.1. The van der Waals surface area contributed by atoms with E-state index in [1.165, 1.54) is 0 Å². The third kappa shape index (κ3) is 16.3. The lowest BCUT2D eigenvalue weighted by Crippen LogP contribution is -2.39. The number of phosphoric acid groups is 4. The normalized spacial score (nSPS) is 33.7. The summed E-state index contributed by atoms with van der Waals surface area (Å²) in [7, 11) is -23.1. The Labute approximate surface area is 534 Å². The molecule has 4 unspecified atom stereocenters. The molecule has 0 aromatic carbocycles. The van der Waals surface area contributed by atoms with E-state index in [1.807, 2.05) is 15.0 Å². The number of H-pyrrole nitrogens is 3. The number of hydrogen-bond acceptors (Lipinski definition) is 36. The number of nitrogens with zero attached hydrogens (tertiary/aromatic N) is 7. The number of nitrogens with one attached hydrogen (secondary N) is 3. The largest absolute Gasteiger partial charge is 0.472 e. The van der Waals surface area contributed by atoms with Crippen molar-refractivity contribution in [3.05, 3.63) is 145 Å². The van der Waals surface area contributed by atoms with Crippen LogP contribution in [0.15, 0.2) is 99.7 Å². The van der Waals surface area contributed by atoms with Crippen LogP contribution in [0.5, 0.6) is 0 Å². The van der Waals surface area contributed by atoms with Crippen LogP contribution >= 0.6 is 31.3 Å². The fraction of sp³-hybridized carbons (Fsp3) is 0.556. The molecule has 10 heterocycles. The molecule has 0 amide bonds. The zero-order valence-electron chi connectivity index (χ0n) is 48.6. The molecule has 0 spiro atoms. The zero-order valence-corrected chi connectivity index (χ0v) is 52.1. The van der Waals surface area contributed by atoms with E-state index < -0.39 is 232 Å². The van der Waals surface area contributed by atoms with Gasteiger partial charge in [0, 0.05) is 49.2 Å². The molecular weight excluding hydrogens is 1410 g/mol. The summed E-state index contributed by atoms with van der Waals surface area (Å²) in [5.41, 5.74) is 2.59. The van der Waals surface area contributed by atoms with Crippen molar-refractivity contribution in [3.63, 3.8) is 0 Å². The van der Waals surface area contributed by atoms with Crippen molar-refractivity contribution in [2.24, 2.45) is 0 Å². The predicted octanol–water partition coefficient (Wildman–Crippen LogP) is -9.03. The van der Waals surface area contributed by atoms with E-state index in [4.69, 9.17) is 71.3 Å². The number of aliphatic hydroxyl groups excluding tert-OH is 7. The Morgan fingerprint density at radius 2 is 0.649 bits per heavy atom. The van der Waals surface area contributed by atoms with Crippen LogP contribution in [-0.4, -0.2) is 228 Å². The van der Waals surface area contributed by atoms with E-state index in [0.29, 0.717) is 22.8 Å². The number of ether oxygens (including phenoxy) is 5. The van der Waals surface area contributed by atoms with E-state index in [-0.39, 0.29) is 11.6 Å². The average Bonchev–Trinajstić information content (AvgIpc) is 1.66. The molecule has 0 bridgehead atoms. The maximum absolute atomic E-state index is 14.0. The van der Waals surface area contributed by atoms with Gasteiger partial charge in [-0.2, -0.15) is 9.97 Å². The molecule has 0 aliphatic carbocycles. The summed E-state index contributed by atoms with van der Waals surface area (Å²) in [6.07, 6.45) is -36.7. The fourth-order valence-corrected chi connectivity index (χ4v) is 14.4. The number of aromatic amines is 3. The summed E-state index contributed by atoms with van der Waals surface area (Å²) >= 11 is 0. The summed E-state index contributed by atoms with van der Waals surface area (Å²) in [5.74, 6) is -0.682. The third-order valence-electron chi connectivity index (χ3n) is 15.0. The minimum Gasteiger partial charge on any atom is -0.394 e. The molecule has 0 radical (unpaired) electrons. The average molecular weight is 1470 g/mol. The fourth-order valence-electron chi connectivity index (χ4n) is 10.5. The first-order valence-corrected chi connectivity index (χ1v) is 33.7. The Kier molecular flexibility index (Phi) is 21.8. The number of phosphoric ester groups is 4. The molecule has 5 saturated heterocycles. The molecule has 97 heavy (non-hydrogen) atoms. The van der Waals surface area contributed by atoms with Crippen LogP contribution in [0.3, 0.4) is 0 Å². The van der Waals surface area contributed by atoms with Crippen LogP contribution < -0.4 is 56.6 Å². The molecule has 5 aromatic rings. The predicted molar refractivity (Wildman–Crippen MR) is 305 cm³/mol. The molecule has 48 nitrogen and oxygen atoms in total. The van der Waals surface area contributed by atoms with Gasteiger partial charge in [-0.3, -0.25) is 88.4 Å². The van der Waals surface area contributed by atoms with Crippen LogP contribution in [0.4, 0.5) is 11.6 Å². The van der Waals surface area contributed by atoms with Crippen LogP contribution in [0.2, 0.25) is 0 Å². The molecule has 5 aliphatic rings. The maximum atomic E-state index is 14.0. The summed E-state index contributed by atoms with van der Waals surface area (Å²) in [6.45, 7) is -6.31. The molecular formula is C45H58N12O36P4. The maximum Gasteiger partial charge on any atom is 0.472 e. The number of anilines is 2. The van der Waals surface area contributed by atoms with Crippen LogP contribution in [0.1, 0.15) is 31.1 Å². The molecule has 52 heteroatoms. The molecule has 10 rings (SSSR count). The minimum atomic E-state index is -5.91. The van der Waals surface area contributed by atoms with E-state index in [0.717, 1.165) is 61.3 Å². The smallest absolute Gasteiger partial charge is 0.394 e. The summed E-state index contributed by atoms with van der Waals surface area (Å²) < 4.78 is 127. The van der Waals surface area contributed by atoms with Crippen molar-refractivity contribution in [1.82, 2.24) is 47.8 Å². The van der Waals surface area contributed by atoms with Gasteiger partial charge >= 0.3 is 59.7 Å². The van der Waals surface area contributed by atoms with Gasteiger partial charge in [0.2, 0.25) is 0 Å². The zero-order chi connectivity index (χ0) is 70.5. The number of nitrogen functional groups attached to an aromatic ring is 2. The Balaban J connectivity index is 0.851.